The summed E-state index contributed by atoms with van der Waals surface area (Å²) < 4.78 is 4.63. The first-order valence-electron chi connectivity index (χ1n) is 3.79. The maximum absolute atomic E-state index is 10.7. The zero-order valence-electron chi connectivity index (χ0n) is 7.50. The summed E-state index contributed by atoms with van der Waals surface area (Å²) >= 11 is 0. The van der Waals surface area contributed by atoms with Gasteiger partial charge in [0.15, 0.2) is 0 Å². The van der Waals surface area contributed by atoms with Crippen molar-refractivity contribution in [1.82, 2.24) is 5.32 Å². The van der Waals surface area contributed by atoms with Gasteiger partial charge >= 0.3 is 12.1 Å². The molecular formula is C8H13NO4. The van der Waals surface area contributed by atoms with Crippen molar-refractivity contribution in [2.45, 2.75) is 13.3 Å². The molecule has 0 heterocycles. The van der Waals surface area contributed by atoms with E-state index in [9.17, 15) is 9.59 Å². The van der Waals surface area contributed by atoms with Gasteiger partial charge in [-0.25, -0.2) is 4.79 Å². The van der Waals surface area contributed by atoms with Crippen LogP contribution in [0.4, 0.5) is 4.79 Å². The Bertz CT molecular complexity index is 212. The monoisotopic (exact) mass is 187 g/mol. The van der Waals surface area contributed by atoms with Crippen LogP contribution in [0.5, 0.6) is 0 Å². The molecule has 74 valence electrons. The topological polar surface area (TPSA) is 75.6 Å². The minimum atomic E-state index is -1.10. The Morgan fingerprint density at radius 3 is 2.62 bits per heavy atom. The van der Waals surface area contributed by atoms with Crippen LogP contribution in [0.1, 0.15) is 13.3 Å². The molecule has 13 heavy (non-hydrogen) atoms. The molecule has 0 aliphatic heterocycles. The lowest BCUT2D eigenvalue weighted by Crippen LogP contribution is -2.30. The Hall–Kier alpha value is -1.52. The molecule has 0 aliphatic rings. The van der Waals surface area contributed by atoms with Crippen molar-refractivity contribution in [3.63, 3.8) is 0 Å². The van der Waals surface area contributed by atoms with Crippen molar-refractivity contribution in [1.29, 1.82) is 0 Å². The van der Waals surface area contributed by atoms with Crippen LogP contribution in [-0.2, 0) is 9.53 Å². The maximum Gasteiger partial charge on any atom is 0.407 e. The number of carbonyl (C=O) groups excluding carboxylic acids is 1. The summed E-state index contributed by atoms with van der Waals surface area (Å²) in [6, 6.07) is 0. The van der Waals surface area contributed by atoms with Gasteiger partial charge in [0, 0.05) is 6.42 Å². The third kappa shape index (κ3) is 8.39. The van der Waals surface area contributed by atoms with Crippen LogP contribution < -0.4 is 5.32 Å². The molecule has 1 amide bonds. The number of carboxylic acids is 1. The standard InChI is InChI=1S/C8H13NO4/c1-6(2)3-4-13-8(12)9-5-7(10)11/h1,3-5H2,2H3,(H,9,12)(H,10,11). The van der Waals surface area contributed by atoms with Crippen LogP contribution in [-0.4, -0.2) is 30.3 Å². The van der Waals surface area contributed by atoms with Crippen molar-refractivity contribution in [2.75, 3.05) is 13.2 Å². The van der Waals surface area contributed by atoms with E-state index in [0.717, 1.165) is 5.57 Å². The summed E-state index contributed by atoms with van der Waals surface area (Å²) in [5.41, 5.74) is 0.908. The molecule has 0 aliphatic carbocycles. The highest BCUT2D eigenvalue weighted by molar-refractivity contribution is 5.76. The van der Waals surface area contributed by atoms with Crippen molar-refractivity contribution >= 4 is 12.1 Å². The van der Waals surface area contributed by atoms with Gasteiger partial charge in [0.2, 0.25) is 0 Å². The normalized spacial score (nSPS) is 9.00. The smallest absolute Gasteiger partial charge is 0.407 e. The molecule has 0 saturated heterocycles. The molecular weight excluding hydrogens is 174 g/mol. The first-order valence-corrected chi connectivity index (χ1v) is 3.79. The average molecular weight is 187 g/mol. The fourth-order valence-electron chi connectivity index (χ4n) is 0.517. The predicted molar refractivity (Wildman–Crippen MR) is 46.4 cm³/mol. The van der Waals surface area contributed by atoms with Crippen molar-refractivity contribution in [3.05, 3.63) is 12.2 Å². The molecule has 0 atom stereocenters. The summed E-state index contributed by atoms with van der Waals surface area (Å²) in [6.07, 6.45) is -0.135. The minimum absolute atomic E-state index is 0.223. The van der Waals surface area contributed by atoms with Crippen LogP contribution in [0.2, 0.25) is 0 Å². The Morgan fingerprint density at radius 2 is 2.15 bits per heavy atom. The maximum atomic E-state index is 10.7. The number of hydrogen-bond acceptors (Lipinski definition) is 3. The number of carbonyl (C=O) groups is 2. The number of alkyl carbamates (subject to hydrolysis) is 1. The van der Waals surface area contributed by atoms with Crippen LogP contribution in [0.25, 0.3) is 0 Å². The fraction of sp³-hybridized carbons (Fsp3) is 0.500. The van der Waals surface area contributed by atoms with E-state index >= 15 is 0 Å². The lowest BCUT2D eigenvalue weighted by Gasteiger charge is -2.04. The number of aliphatic carboxylic acids is 1. The highest BCUT2D eigenvalue weighted by Gasteiger charge is 2.03. The van der Waals surface area contributed by atoms with Gasteiger partial charge < -0.3 is 15.2 Å². The first kappa shape index (κ1) is 11.5. The molecule has 0 aromatic carbocycles. The van der Waals surface area contributed by atoms with Crippen molar-refractivity contribution in [2.24, 2.45) is 0 Å². The van der Waals surface area contributed by atoms with Crippen LogP contribution in [0, 0.1) is 0 Å². The molecule has 0 unspecified atom stereocenters. The van der Waals surface area contributed by atoms with Gasteiger partial charge in [-0.2, -0.15) is 0 Å². The molecule has 0 spiro atoms. The van der Waals surface area contributed by atoms with Crippen LogP contribution in [0.3, 0.4) is 0 Å². The number of amides is 1. The quantitative estimate of drug-likeness (QED) is 0.623. The second-order valence-electron chi connectivity index (χ2n) is 2.59. The van der Waals surface area contributed by atoms with Gasteiger partial charge in [-0.15, -0.1) is 6.58 Å². The third-order valence-corrected chi connectivity index (χ3v) is 1.15. The summed E-state index contributed by atoms with van der Waals surface area (Å²) in [5.74, 6) is -1.10. The molecule has 0 saturated carbocycles. The summed E-state index contributed by atoms with van der Waals surface area (Å²) in [7, 11) is 0. The van der Waals surface area contributed by atoms with E-state index in [0.29, 0.717) is 6.42 Å². The molecule has 0 rings (SSSR count). The average Bonchev–Trinajstić information content (AvgIpc) is 2.00. The first-order chi connectivity index (χ1) is 6.02. The largest absolute Gasteiger partial charge is 0.480 e. The van der Waals surface area contributed by atoms with Gasteiger partial charge in [-0.05, 0) is 6.92 Å². The van der Waals surface area contributed by atoms with E-state index in [1.54, 1.807) is 0 Å². The second kappa shape index (κ2) is 6.05. The SMILES string of the molecule is C=C(C)CCOC(=O)NCC(=O)O. The van der Waals surface area contributed by atoms with Crippen LogP contribution in [0.15, 0.2) is 12.2 Å². The zero-order valence-corrected chi connectivity index (χ0v) is 7.50. The van der Waals surface area contributed by atoms with Gasteiger partial charge in [0.25, 0.3) is 0 Å². The fourth-order valence-corrected chi connectivity index (χ4v) is 0.517. The number of ether oxygens (including phenoxy) is 1. The Labute approximate surface area is 76.4 Å². The van der Waals surface area contributed by atoms with E-state index in [2.05, 4.69) is 16.6 Å². The summed E-state index contributed by atoms with van der Waals surface area (Å²) in [5, 5.41) is 10.3. The third-order valence-electron chi connectivity index (χ3n) is 1.15. The number of rotatable bonds is 5. The number of carboxylic acid groups (broad SMARTS) is 1. The van der Waals surface area contributed by atoms with Crippen LogP contribution >= 0.6 is 0 Å². The second-order valence-corrected chi connectivity index (χ2v) is 2.59. The lowest BCUT2D eigenvalue weighted by atomic mass is 10.3. The van der Waals surface area contributed by atoms with Gasteiger partial charge in [0.1, 0.15) is 6.54 Å². The minimum Gasteiger partial charge on any atom is -0.480 e. The van der Waals surface area contributed by atoms with E-state index in [-0.39, 0.29) is 6.61 Å². The molecule has 0 fully saturated rings. The van der Waals surface area contributed by atoms with Gasteiger partial charge in [-0.1, -0.05) is 5.57 Å². The highest BCUT2D eigenvalue weighted by Crippen LogP contribution is 1.94. The summed E-state index contributed by atoms with van der Waals surface area (Å²) in [4.78, 5) is 20.7. The Balaban J connectivity index is 3.41. The molecule has 0 aromatic heterocycles. The molecule has 5 nitrogen and oxygen atoms in total. The molecule has 2 N–H and O–H groups in total. The number of hydrogen-bond donors (Lipinski definition) is 2. The Kier molecular flexibility index (Phi) is 5.34. The van der Waals surface area contributed by atoms with E-state index in [4.69, 9.17) is 5.11 Å². The highest BCUT2D eigenvalue weighted by atomic mass is 16.5. The molecule has 0 radical (unpaired) electrons. The number of nitrogens with one attached hydrogen (secondary N) is 1. The molecule has 5 heteroatoms. The van der Waals surface area contributed by atoms with Crippen molar-refractivity contribution < 1.29 is 19.4 Å². The van der Waals surface area contributed by atoms with E-state index in [1.807, 2.05) is 6.92 Å². The predicted octanol–water partition coefficient (Wildman–Crippen LogP) is 0.763. The van der Waals surface area contributed by atoms with E-state index in [1.165, 1.54) is 0 Å². The Morgan fingerprint density at radius 1 is 1.54 bits per heavy atom. The zero-order chi connectivity index (χ0) is 10.3. The summed E-state index contributed by atoms with van der Waals surface area (Å²) in [6.45, 7) is 5.24. The van der Waals surface area contributed by atoms with Gasteiger partial charge in [-0.3, -0.25) is 4.79 Å². The molecule has 0 bridgehead atoms. The van der Waals surface area contributed by atoms with Gasteiger partial charge in [0.05, 0.1) is 6.61 Å². The lowest BCUT2D eigenvalue weighted by molar-refractivity contribution is -0.135. The van der Waals surface area contributed by atoms with E-state index < -0.39 is 18.6 Å². The van der Waals surface area contributed by atoms with Crippen molar-refractivity contribution in [3.8, 4) is 0 Å². The molecule has 0 aromatic rings.